The van der Waals surface area contributed by atoms with Gasteiger partial charge in [-0.15, -0.1) is 0 Å². The molecule has 0 spiro atoms. The number of aromatic nitrogens is 5. The van der Waals surface area contributed by atoms with E-state index in [1.54, 1.807) is 6.92 Å². The standard InChI is InChI=1S/C18H21ClN8O/c1-10-15(19)18-23-17(14(8-20)16(21)27(18)24-10)22-4-2-12-3-5-26(25-12)9-11-6-13(28)7-11/h3,5,11,13,28H,2,4,6-7,9,21H2,1H3,(H,22,23). The molecule has 0 saturated heterocycles. The van der Waals surface area contributed by atoms with E-state index in [-0.39, 0.29) is 17.5 Å². The molecular weight excluding hydrogens is 380 g/mol. The van der Waals surface area contributed by atoms with Gasteiger partial charge in [-0.1, -0.05) is 11.6 Å². The van der Waals surface area contributed by atoms with E-state index < -0.39 is 0 Å². The van der Waals surface area contributed by atoms with Gasteiger partial charge in [0.15, 0.2) is 5.65 Å². The van der Waals surface area contributed by atoms with E-state index in [4.69, 9.17) is 17.3 Å². The van der Waals surface area contributed by atoms with Crippen LogP contribution in [-0.2, 0) is 13.0 Å². The number of nitriles is 1. The Bertz CT molecular complexity index is 1060. The molecule has 1 aliphatic carbocycles. The Labute approximate surface area is 166 Å². The molecule has 0 unspecified atom stereocenters. The van der Waals surface area contributed by atoms with Crippen LogP contribution < -0.4 is 11.1 Å². The van der Waals surface area contributed by atoms with Crippen LogP contribution in [0.1, 0.15) is 29.8 Å². The van der Waals surface area contributed by atoms with Crippen LogP contribution in [0.25, 0.3) is 5.65 Å². The maximum Gasteiger partial charge on any atom is 0.178 e. The number of hydrogen-bond donors (Lipinski definition) is 3. The molecule has 0 atom stereocenters. The van der Waals surface area contributed by atoms with Gasteiger partial charge >= 0.3 is 0 Å². The van der Waals surface area contributed by atoms with Gasteiger partial charge in [-0.2, -0.15) is 20.0 Å². The lowest BCUT2D eigenvalue weighted by atomic mass is 9.82. The van der Waals surface area contributed by atoms with Gasteiger partial charge in [-0.3, -0.25) is 4.68 Å². The third-order valence-electron chi connectivity index (χ3n) is 5.04. The quantitative estimate of drug-likeness (QED) is 0.574. The van der Waals surface area contributed by atoms with Crippen molar-refractivity contribution in [2.45, 2.75) is 38.8 Å². The first-order chi connectivity index (χ1) is 13.5. The van der Waals surface area contributed by atoms with Crippen molar-refractivity contribution in [2.24, 2.45) is 5.92 Å². The van der Waals surface area contributed by atoms with Crippen molar-refractivity contribution in [3.8, 4) is 6.07 Å². The Morgan fingerprint density at radius 2 is 2.21 bits per heavy atom. The fourth-order valence-electron chi connectivity index (χ4n) is 3.45. The predicted molar refractivity (Wildman–Crippen MR) is 105 cm³/mol. The second-order valence-corrected chi connectivity index (χ2v) is 7.54. The van der Waals surface area contributed by atoms with Crippen molar-refractivity contribution in [1.82, 2.24) is 24.4 Å². The normalized spacial score (nSPS) is 18.8. The molecule has 10 heteroatoms. The number of halogens is 1. The first kappa shape index (κ1) is 18.5. The smallest absolute Gasteiger partial charge is 0.178 e. The van der Waals surface area contributed by atoms with Gasteiger partial charge in [0, 0.05) is 25.7 Å². The minimum absolute atomic E-state index is 0.149. The first-order valence-corrected chi connectivity index (χ1v) is 9.52. The van der Waals surface area contributed by atoms with Gasteiger partial charge in [0.1, 0.15) is 28.3 Å². The highest BCUT2D eigenvalue weighted by Crippen LogP contribution is 2.29. The van der Waals surface area contributed by atoms with Gasteiger partial charge in [-0.05, 0) is 31.7 Å². The van der Waals surface area contributed by atoms with Gasteiger partial charge in [0.05, 0.1) is 17.5 Å². The molecule has 146 valence electrons. The highest BCUT2D eigenvalue weighted by atomic mass is 35.5. The minimum atomic E-state index is -0.149. The lowest BCUT2D eigenvalue weighted by Gasteiger charge is -2.31. The van der Waals surface area contributed by atoms with Gasteiger partial charge in [0.25, 0.3) is 0 Å². The molecule has 3 heterocycles. The van der Waals surface area contributed by atoms with Crippen LogP contribution in [0.4, 0.5) is 11.6 Å². The monoisotopic (exact) mass is 400 g/mol. The number of nitrogen functional groups attached to an aromatic ring is 1. The van der Waals surface area contributed by atoms with Crippen LogP contribution >= 0.6 is 11.6 Å². The number of rotatable bonds is 6. The maximum absolute atomic E-state index is 9.47. The molecule has 0 aromatic carbocycles. The summed E-state index contributed by atoms with van der Waals surface area (Å²) >= 11 is 6.24. The highest BCUT2D eigenvalue weighted by molar-refractivity contribution is 6.34. The lowest BCUT2D eigenvalue weighted by molar-refractivity contribution is 0.0336. The molecule has 3 aromatic heterocycles. The minimum Gasteiger partial charge on any atom is -0.393 e. The average Bonchev–Trinajstić information content (AvgIpc) is 3.20. The van der Waals surface area contributed by atoms with E-state index in [0.717, 1.165) is 25.1 Å². The molecule has 4 rings (SSSR count). The second kappa shape index (κ2) is 7.30. The molecular formula is C18H21ClN8O. The lowest BCUT2D eigenvalue weighted by Crippen LogP contribution is -2.31. The van der Waals surface area contributed by atoms with E-state index in [0.29, 0.717) is 41.1 Å². The number of nitrogens with one attached hydrogen (secondary N) is 1. The summed E-state index contributed by atoms with van der Waals surface area (Å²) in [7, 11) is 0. The van der Waals surface area contributed by atoms with Crippen LogP contribution in [-0.4, -0.2) is 42.1 Å². The fourth-order valence-corrected chi connectivity index (χ4v) is 3.61. The Morgan fingerprint density at radius 1 is 1.43 bits per heavy atom. The number of hydrogen-bond acceptors (Lipinski definition) is 7. The van der Waals surface area contributed by atoms with Crippen molar-refractivity contribution in [3.05, 3.63) is 34.2 Å². The molecule has 3 aromatic rings. The predicted octanol–water partition coefficient (Wildman–Crippen LogP) is 1.77. The largest absolute Gasteiger partial charge is 0.393 e. The van der Waals surface area contributed by atoms with Crippen LogP contribution in [0.5, 0.6) is 0 Å². The highest BCUT2D eigenvalue weighted by Gasteiger charge is 2.27. The molecule has 1 fully saturated rings. The zero-order valence-electron chi connectivity index (χ0n) is 15.4. The molecule has 1 saturated carbocycles. The summed E-state index contributed by atoms with van der Waals surface area (Å²) in [5.74, 6) is 1.09. The van der Waals surface area contributed by atoms with E-state index in [1.165, 1.54) is 4.52 Å². The van der Waals surface area contributed by atoms with Crippen LogP contribution in [0.2, 0.25) is 5.02 Å². The fraction of sp³-hybridized carbons (Fsp3) is 0.444. The van der Waals surface area contributed by atoms with Crippen molar-refractivity contribution in [1.29, 1.82) is 5.26 Å². The first-order valence-electron chi connectivity index (χ1n) is 9.15. The zero-order valence-corrected chi connectivity index (χ0v) is 16.2. The number of nitrogens with zero attached hydrogens (tertiary/aromatic N) is 6. The molecule has 0 bridgehead atoms. The number of nitrogens with two attached hydrogens (primary N) is 1. The molecule has 0 aliphatic heterocycles. The zero-order chi connectivity index (χ0) is 19.8. The van der Waals surface area contributed by atoms with Crippen molar-refractivity contribution in [2.75, 3.05) is 17.6 Å². The van der Waals surface area contributed by atoms with Crippen molar-refractivity contribution in [3.63, 3.8) is 0 Å². The average molecular weight is 401 g/mol. The summed E-state index contributed by atoms with van der Waals surface area (Å²) in [5, 5.41) is 31.2. The van der Waals surface area contributed by atoms with E-state index in [2.05, 4.69) is 26.6 Å². The Hall–Kier alpha value is -2.83. The number of aliphatic hydroxyl groups is 1. The molecule has 28 heavy (non-hydrogen) atoms. The topological polar surface area (TPSA) is 130 Å². The van der Waals surface area contributed by atoms with Crippen LogP contribution in [0.3, 0.4) is 0 Å². The molecule has 1 aliphatic rings. The van der Waals surface area contributed by atoms with Crippen molar-refractivity contribution >= 4 is 28.9 Å². The molecule has 0 radical (unpaired) electrons. The second-order valence-electron chi connectivity index (χ2n) is 7.16. The molecule has 0 amide bonds. The summed E-state index contributed by atoms with van der Waals surface area (Å²) in [6, 6.07) is 4.06. The summed E-state index contributed by atoms with van der Waals surface area (Å²) in [4.78, 5) is 4.43. The van der Waals surface area contributed by atoms with E-state index in [9.17, 15) is 10.4 Å². The number of anilines is 2. The number of aryl methyl sites for hydroxylation is 1. The molecule has 9 nitrogen and oxygen atoms in total. The SMILES string of the molecule is Cc1nn2c(N)c(C#N)c(NCCc3ccn(CC4CC(O)C4)n3)nc2c1Cl. The van der Waals surface area contributed by atoms with E-state index in [1.807, 2.05) is 16.9 Å². The Balaban J connectivity index is 1.43. The third kappa shape index (κ3) is 3.37. The Morgan fingerprint density at radius 3 is 2.93 bits per heavy atom. The number of fused-ring (bicyclic) bond motifs is 1. The number of aliphatic hydroxyl groups excluding tert-OH is 1. The van der Waals surface area contributed by atoms with Gasteiger partial charge in [0.2, 0.25) is 0 Å². The molecule has 4 N–H and O–H groups in total. The summed E-state index contributed by atoms with van der Waals surface area (Å²) < 4.78 is 3.31. The van der Waals surface area contributed by atoms with Crippen molar-refractivity contribution < 1.29 is 5.11 Å². The summed E-state index contributed by atoms with van der Waals surface area (Å²) in [5.41, 5.74) is 8.28. The Kier molecular flexibility index (Phi) is 4.83. The van der Waals surface area contributed by atoms with E-state index >= 15 is 0 Å². The third-order valence-corrected chi connectivity index (χ3v) is 5.48. The summed E-state index contributed by atoms with van der Waals surface area (Å²) in [6.45, 7) is 3.13. The maximum atomic E-state index is 9.47. The van der Waals surface area contributed by atoms with Crippen LogP contribution in [0, 0.1) is 24.2 Å². The van der Waals surface area contributed by atoms with Crippen LogP contribution in [0.15, 0.2) is 12.3 Å². The summed E-state index contributed by atoms with van der Waals surface area (Å²) in [6.07, 6.45) is 4.17. The van der Waals surface area contributed by atoms with Gasteiger partial charge < -0.3 is 16.2 Å². The van der Waals surface area contributed by atoms with Gasteiger partial charge in [-0.25, -0.2) is 4.98 Å².